The third kappa shape index (κ3) is 3.98. The Bertz CT molecular complexity index is 1370. The van der Waals surface area contributed by atoms with Gasteiger partial charge in [-0.2, -0.15) is 0 Å². The van der Waals surface area contributed by atoms with E-state index in [1.165, 1.54) is 6.07 Å². The molecule has 0 atom stereocenters. The molecule has 172 valence electrons. The van der Waals surface area contributed by atoms with Crippen molar-refractivity contribution in [3.8, 4) is 11.6 Å². The number of hydrogen-bond acceptors (Lipinski definition) is 7. The molecule has 1 N–H and O–H groups in total. The summed E-state index contributed by atoms with van der Waals surface area (Å²) in [5, 5.41) is 10.8. The number of nitrogens with zero attached hydrogens (tertiary/aromatic N) is 5. The van der Waals surface area contributed by atoms with E-state index in [2.05, 4.69) is 26.8 Å². The SMILES string of the molecule is CCN1Cc2ncc(CCOc3cc(O)nc4ccccc34)cc2C(=O)N(C)c2cccnc21. The van der Waals surface area contributed by atoms with Crippen LogP contribution in [0.1, 0.15) is 28.5 Å². The highest BCUT2D eigenvalue weighted by Crippen LogP contribution is 2.32. The van der Waals surface area contributed by atoms with Crippen LogP contribution in [-0.4, -0.2) is 46.2 Å². The van der Waals surface area contributed by atoms with Gasteiger partial charge in [-0.15, -0.1) is 0 Å². The predicted molar refractivity (Wildman–Crippen MR) is 131 cm³/mol. The summed E-state index contributed by atoms with van der Waals surface area (Å²) in [6, 6.07) is 14.7. The highest BCUT2D eigenvalue weighted by atomic mass is 16.5. The number of carbonyl (C=O) groups is 1. The summed E-state index contributed by atoms with van der Waals surface area (Å²) in [4.78, 5) is 30.4. The third-order valence-electron chi connectivity index (χ3n) is 6.02. The van der Waals surface area contributed by atoms with Gasteiger partial charge in [0.05, 0.1) is 35.6 Å². The zero-order valence-electron chi connectivity index (χ0n) is 19.1. The number of fused-ring (bicyclic) bond motifs is 3. The van der Waals surface area contributed by atoms with Gasteiger partial charge in [0.1, 0.15) is 5.75 Å². The fourth-order valence-electron chi connectivity index (χ4n) is 4.21. The zero-order chi connectivity index (χ0) is 23.7. The van der Waals surface area contributed by atoms with Crippen molar-refractivity contribution in [2.45, 2.75) is 19.9 Å². The number of aromatic nitrogens is 3. The van der Waals surface area contributed by atoms with Gasteiger partial charge in [0, 0.05) is 43.9 Å². The van der Waals surface area contributed by atoms with Gasteiger partial charge >= 0.3 is 0 Å². The lowest BCUT2D eigenvalue weighted by Gasteiger charge is -2.31. The highest BCUT2D eigenvalue weighted by molar-refractivity contribution is 6.08. The summed E-state index contributed by atoms with van der Waals surface area (Å²) in [5.74, 6) is 1.15. The van der Waals surface area contributed by atoms with E-state index < -0.39 is 0 Å². The number of rotatable bonds is 5. The van der Waals surface area contributed by atoms with Crippen LogP contribution >= 0.6 is 0 Å². The Balaban J connectivity index is 1.39. The van der Waals surface area contributed by atoms with Crippen molar-refractivity contribution in [3.05, 3.63) is 77.7 Å². The summed E-state index contributed by atoms with van der Waals surface area (Å²) in [7, 11) is 1.77. The van der Waals surface area contributed by atoms with Gasteiger partial charge in [-0.05, 0) is 42.8 Å². The van der Waals surface area contributed by atoms with Gasteiger partial charge in [0.15, 0.2) is 5.82 Å². The molecule has 3 aromatic heterocycles. The lowest BCUT2D eigenvalue weighted by Crippen LogP contribution is -2.35. The molecule has 1 aliphatic rings. The molecule has 0 fully saturated rings. The lowest BCUT2D eigenvalue weighted by molar-refractivity contribution is 0.0991. The molecule has 5 rings (SSSR count). The second-order valence-corrected chi connectivity index (χ2v) is 8.16. The summed E-state index contributed by atoms with van der Waals surface area (Å²) < 4.78 is 5.98. The summed E-state index contributed by atoms with van der Waals surface area (Å²) >= 11 is 0. The molecule has 1 aromatic carbocycles. The maximum Gasteiger partial charge on any atom is 0.260 e. The predicted octanol–water partition coefficient (Wildman–Crippen LogP) is 3.97. The van der Waals surface area contributed by atoms with Crippen molar-refractivity contribution in [1.82, 2.24) is 15.0 Å². The van der Waals surface area contributed by atoms with Crippen molar-refractivity contribution in [1.29, 1.82) is 0 Å². The first-order valence-electron chi connectivity index (χ1n) is 11.2. The van der Waals surface area contributed by atoms with Gasteiger partial charge in [-0.1, -0.05) is 12.1 Å². The maximum atomic E-state index is 13.4. The quantitative estimate of drug-likeness (QED) is 0.487. The monoisotopic (exact) mass is 455 g/mol. The van der Waals surface area contributed by atoms with Crippen LogP contribution in [0.4, 0.5) is 11.5 Å². The average molecular weight is 456 g/mol. The van der Waals surface area contributed by atoms with E-state index in [9.17, 15) is 9.90 Å². The minimum absolute atomic E-state index is 0.0830. The zero-order valence-corrected chi connectivity index (χ0v) is 19.1. The van der Waals surface area contributed by atoms with Gasteiger partial charge in [0.2, 0.25) is 5.88 Å². The van der Waals surface area contributed by atoms with Gasteiger partial charge in [-0.25, -0.2) is 9.97 Å². The van der Waals surface area contributed by atoms with Gasteiger partial charge in [0.25, 0.3) is 5.91 Å². The first-order chi connectivity index (χ1) is 16.5. The second-order valence-electron chi connectivity index (χ2n) is 8.16. The van der Waals surface area contributed by atoms with Crippen molar-refractivity contribution >= 4 is 28.3 Å². The largest absolute Gasteiger partial charge is 0.493 e. The first-order valence-corrected chi connectivity index (χ1v) is 11.2. The Morgan fingerprint density at radius 3 is 2.82 bits per heavy atom. The van der Waals surface area contributed by atoms with Crippen molar-refractivity contribution < 1.29 is 14.6 Å². The van der Waals surface area contributed by atoms with Crippen LogP contribution in [0.3, 0.4) is 0 Å². The fourth-order valence-corrected chi connectivity index (χ4v) is 4.21. The Labute approximate surface area is 197 Å². The molecular formula is C26H25N5O3. The topological polar surface area (TPSA) is 91.7 Å². The molecular weight excluding hydrogens is 430 g/mol. The Kier molecular flexibility index (Phi) is 5.71. The Morgan fingerprint density at radius 1 is 1.12 bits per heavy atom. The summed E-state index contributed by atoms with van der Waals surface area (Å²) in [6.07, 6.45) is 4.10. The van der Waals surface area contributed by atoms with Crippen LogP contribution in [0, 0.1) is 0 Å². The number of anilines is 2. The number of pyridine rings is 3. The first kappa shape index (κ1) is 21.6. The summed E-state index contributed by atoms with van der Waals surface area (Å²) in [5.41, 5.74) is 3.66. The minimum atomic E-state index is -0.111. The van der Waals surface area contributed by atoms with Crippen LogP contribution in [0.2, 0.25) is 0 Å². The normalized spacial score (nSPS) is 13.3. The molecule has 4 aromatic rings. The van der Waals surface area contributed by atoms with Crippen LogP contribution in [0.25, 0.3) is 10.9 Å². The maximum absolute atomic E-state index is 13.4. The minimum Gasteiger partial charge on any atom is -0.493 e. The molecule has 0 aliphatic carbocycles. The van der Waals surface area contributed by atoms with Crippen LogP contribution in [-0.2, 0) is 13.0 Å². The molecule has 0 spiro atoms. The van der Waals surface area contributed by atoms with Crippen LogP contribution < -0.4 is 14.5 Å². The number of para-hydroxylation sites is 1. The van der Waals surface area contributed by atoms with Crippen LogP contribution in [0.5, 0.6) is 11.6 Å². The molecule has 0 unspecified atom stereocenters. The van der Waals surface area contributed by atoms with Gasteiger partial charge < -0.3 is 19.6 Å². The Morgan fingerprint density at radius 2 is 1.97 bits per heavy atom. The van der Waals surface area contributed by atoms with E-state index in [4.69, 9.17) is 4.74 Å². The molecule has 8 nitrogen and oxygen atoms in total. The molecule has 1 amide bonds. The van der Waals surface area contributed by atoms with E-state index in [0.29, 0.717) is 36.4 Å². The van der Waals surface area contributed by atoms with Crippen LogP contribution in [0.15, 0.2) is 60.9 Å². The molecule has 0 bridgehead atoms. The average Bonchev–Trinajstić information content (AvgIpc) is 2.86. The molecule has 0 saturated heterocycles. The van der Waals surface area contributed by atoms with Gasteiger partial charge in [-0.3, -0.25) is 9.78 Å². The van der Waals surface area contributed by atoms with E-state index in [1.807, 2.05) is 42.5 Å². The number of ether oxygens (including phenoxy) is 1. The second kappa shape index (κ2) is 8.97. The number of aromatic hydroxyl groups is 1. The molecule has 0 radical (unpaired) electrons. The number of benzene rings is 1. The third-order valence-corrected chi connectivity index (χ3v) is 6.02. The molecule has 8 heteroatoms. The van der Waals surface area contributed by atoms with Crippen molar-refractivity contribution in [2.24, 2.45) is 0 Å². The molecule has 1 aliphatic heterocycles. The smallest absolute Gasteiger partial charge is 0.260 e. The molecule has 0 saturated carbocycles. The number of amides is 1. The van der Waals surface area contributed by atoms with E-state index >= 15 is 0 Å². The Hall–Kier alpha value is -4.20. The standard InChI is InChI=1S/C26H25N5O3/c1-3-31-16-21-19(26(33)30(2)22-9-6-11-27-25(22)31)13-17(15-28-21)10-12-34-23-14-24(32)29-20-8-5-4-7-18(20)23/h4-9,11,13-15H,3,10,12,16H2,1-2H3,(H,29,32). The molecule has 4 heterocycles. The lowest BCUT2D eigenvalue weighted by atomic mass is 10.1. The fraction of sp³-hybridized carbons (Fsp3) is 0.231. The van der Waals surface area contributed by atoms with E-state index in [-0.39, 0.29) is 11.8 Å². The van der Waals surface area contributed by atoms with E-state index in [0.717, 1.165) is 34.7 Å². The highest BCUT2D eigenvalue weighted by Gasteiger charge is 2.27. The van der Waals surface area contributed by atoms with Crippen molar-refractivity contribution in [3.63, 3.8) is 0 Å². The summed E-state index contributed by atoms with van der Waals surface area (Å²) in [6.45, 7) is 3.68. The van der Waals surface area contributed by atoms with E-state index in [1.54, 1.807) is 24.3 Å². The number of carbonyl (C=O) groups excluding carboxylic acids is 1. The molecule has 34 heavy (non-hydrogen) atoms. The van der Waals surface area contributed by atoms with Crippen molar-refractivity contribution in [2.75, 3.05) is 30.0 Å². The number of hydrogen-bond donors (Lipinski definition) is 1.